The number of hydrogen-bond donors (Lipinski definition) is 1. The van der Waals surface area contributed by atoms with Crippen LogP contribution in [0.25, 0.3) is 0 Å². The Morgan fingerprint density at radius 2 is 2.03 bits per heavy atom. The molecular formula is C24H33N5O3S. The van der Waals surface area contributed by atoms with Gasteiger partial charge >= 0.3 is 6.03 Å². The molecule has 178 valence electrons. The molecule has 2 heterocycles. The minimum Gasteiger partial charge on any atom is -0.337 e. The van der Waals surface area contributed by atoms with Gasteiger partial charge in [-0.15, -0.1) is 6.42 Å². The Morgan fingerprint density at radius 3 is 2.70 bits per heavy atom. The van der Waals surface area contributed by atoms with Gasteiger partial charge in [0, 0.05) is 13.1 Å². The predicted octanol–water partition coefficient (Wildman–Crippen LogP) is 1.98. The van der Waals surface area contributed by atoms with E-state index in [9.17, 15) is 14.4 Å². The molecule has 2 aliphatic heterocycles. The lowest BCUT2D eigenvalue weighted by molar-refractivity contribution is -0.188. The lowest BCUT2D eigenvalue weighted by Crippen LogP contribution is -2.76. The van der Waals surface area contributed by atoms with E-state index in [0.717, 1.165) is 24.2 Å². The Kier molecular flexibility index (Phi) is 9.03. The maximum Gasteiger partial charge on any atom is 0.334 e. The monoisotopic (exact) mass is 471 g/mol. The number of rotatable bonds is 9. The molecular weight excluding hydrogens is 438 g/mol. The van der Waals surface area contributed by atoms with Gasteiger partial charge in [0.2, 0.25) is 11.8 Å². The van der Waals surface area contributed by atoms with Gasteiger partial charge < -0.3 is 15.1 Å². The quantitative estimate of drug-likeness (QED) is 0.558. The molecule has 2 aliphatic rings. The van der Waals surface area contributed by atoms with Crippen molar-refractivity contribution < 1.29 is 14.4 Å². The summed E-state index contributed by atoms with van der Waals surface area (Å²) in [6, 6.07) is 8.74. The summed E-state index contributed by atoms with van der Waals surface area (Å²) in [5.41, 5.74) is 0.973. The molecule has 3 rings (SSSR count). The molecule has 9 heteroatoms. The predicted molar refractivity (Wildman–Crippen MR) is 130 cm³/mol. The molecule has 2 saturated heterocycles. The van der Waals surface area contributed by atoms with Crippen LogP contribution in [0.3, 0.4) is 0 Å². The Bertz CT molecular complexity index is 875. The van der Waals surface area contributed by atoms with Crippen LogP contribution in [0.5, 0.6) is 0 Å². The SMILES string of the molecule is C#CCN1CC(=O)N2C(CN(CCCC)C(=O)[C@@H]2CCSC)N1C(=O)NCc1ccccc1. The van der Waals surface area contributed by atoms with E-state index in [-0.39, 0.29) is 37.5 Å². The van der Waals surface area contributed by atoms with Gasteiger partial charge in [0.25, 0.3) is 0 Å². The van der Waals surface area contributed by atoms with Crippen LogP contribution in [-0.4, -0.2) is 88.1 Å². The second kappa shape index (κ2) is 12.0. The number of carbonyl (C=O) groups excluding carboxylic acids is 3. The van der Waals surface area contributed by atoms with E-state index in [4.69, 9.17) is 6.42 Å². The van der Waals surface area contributed by atoms with Crippen molar-refractivity contribution >= 4 is 29.6 Å². The molecule has 2 fully saturated rings. The van der Waals surface area contributed by atoms with Crippen molar-refractivity contribution in [1.29, 1.82) is 0 Å². The van der Waals surface area contributed by atoms with E-state index in [0.29, 0.717) is 19.5 Å². The summed E-state index contributed by atoms with van der Waals surface area (Å²) in [5.74, 6) is 3.11. The zero-order chi connectivity index (χ0) is 23.8. The summed E-state index contributed by atoms with van der Waals surface area (Å²) < 4.78 is 0. The standard InChI is InChI=1S/C24H33N5O3S/c1-4-6-14-26-17-21-28(20(23(26)31)12-15-33-3)22(30)18-27(13-5-2)29(21)24(32)25-16-19-10-8-7-9-11-19/h2,7-11,20-21H,4,6,12-18H2,1,3H3,(H,25,32)/t20-,21?/m0/s1. The molecule has 8 nitrogen and oxygen atoms in total. The Hall–Kier alpha value is -2.70. The normalized spacial score (nSPS) is 21.1. The van der Waals surface area contributed by atoms with Gasteiger partial charge in [-0.25, -0.2) is 9.80 Å². The van der Waals surface area contributed by atoms with E-state index in [2.05, 4.69) is 18.2 Å². The topological polar surface area (TPSA) is 76.2 Å². The third-order valence-corrected chi connectivity index (χ3v) is 6.62. The van der Waals surface area contributed by atoms with Gasteiger partial charge in [-0.1, -0.05) is 49.6 Å². The summed E-state index contributed by atoms with van der Waals surface area (Å²) in [6.07, 6.45) is 9.34. The third kappa shape index (κ3) is 5.81. The number of terminal acetylenes is 1. The fraction of sp³-hybridized carbons (Fsp3) is 0.542. The second-order valence-corrected chi connectivity index (χ2v) is 9.22. The fourth-order valence-corrected chi connectivity index (χ4v) is 4.81. The van der Waals surface area contributed by atoms with Crippen molar-refractivity contribution in [3.8, 4) is 12.3 Å². The maximum absolute atomic E-state index is 13.4. The first-order valence-corrected chi connectivity index (χ1v) is 12.8. The van der Waals surface area contributed by atoms with Crippen molar-refractivity contribution in [2.75, 3.05) is 38.2 Å². The first kappa shape index (κ1) is 24.9. The zero-order valence-corrected chi connectivity index (χ0v) is 20.2. The Labute approximate surface area is 200 Å². The highest BCUT2D eigenvalue weighted by atomic mass is 32.2. The number of nitrogens with one attached hydrogen (secondary N) is 1. The number of amides is 4. The van der Waals surface area contributed by atoms with Crippen LogP contribution < -0.4 is 5.32 Å². The van der Waals surface area contributed by atoms with Crippen molar-refractivity contribution in [2.24, 2.45) is 0 Å². The van der Waals surface area contributed by atoms with Crippen LogP contribution in [0.1, 0.15) is 31.7 Å². The lowest BCUT2D eigenvalue weighted by Gasteiger charge is -2.55. The van der Waals surface area contributed by atoms with E-state index in [1.807, 2.05) is 36.6 Å². The molecule has 1 aromatic carbocycles. The molecule has 1 aromatic rings. The summed E-state index contributed by atoms with van der Waals surface area (Å²) >= 11 is 1.64. The molecule has 0 radical (unpaired) electrons. The van der Waals surface area contributed by atoms with Crippen LogP contribution >= 0.6 is 11.8 Å². The zero-order valence-electron chi connectivity index (χ0n) is 19.4. The van der Waals surface area contributed by atoms with Gasteiger partial charge in [0.1, 0.15) is 12.2 Å². The summed E-state index contributed by atoms with van der Waals surface area (Å²) in [4.78, 5) is 43.3. The van der Waals surface area contributed by atoms with E-state index in [1.54, 1.807) is 31.6 Å². The fourth-order valence-electron chi connectivity index (χ4n) is 4.35. The van der Waals surface area contributed by atoms with Crippen molar-refractivity contribution in [3.05, 3.63) is 35.9 Å². The van der Waals surface area contributed by atoms with E-state index < -0.39 is 12.2 Å². The molecule has 33 heavy (non-hydrogen) atoms. The Balaban J connectivity index is 1.89. The van der Waals surface area contributed by atoms with Crippen LogP contribution in [0, 0.1) is 12.3 Å². The molecule has 1 unspecified atom stereocenters. The average Bonchev–Trinajstić information content (AvgIpc) is 2.82. The number of thioether (sulfide) groups is 1. The van der Waals surface area contributed by atoms with E-state index in [1.165, 1.54) is 0 Å². The third-order valence-electron chi connectivity index (χ3n) is 5.98. The molecule has 0 bridgehead atoms. The number of nitrogens with zero attached hydrogens (tertiary/aromatic N) is 4. The van der Waals surface area contributed by atoms with Gasteiger partial charge in [-0.3, -0.25) is 9.59 Å². The summed E-state index contributed by atoms with van der Waals surface area (Å²) in [7, 11) is 0. The molecule has 0 aromatic heterocycles. The first-order valence-electron chi connectivity index (χ1n) is 11.4. The number of urea groups is 1. The molecule has 1 N–H and O–H groups in total. The van der Waals surface area contributed by atoms with Gasteiger partial charge in [0.05, 0.1) is 19.6 Å². The average molecular weight is 472 g/mol. The highest BCUT2D eigenvalue weighted by Gasteiger charge is 2.50. The largest absolute Gasteiger partial charge is 0.337 e. The second-order valence-electron chi connectivity index (χ2n) is 8.23. The minimum absolute atomic E-state index is 0.0303. The van der Waals surface area contributed by atoms with Crippen molar-refractivity contribution in [3.63, 3.8) is 0 Å². The number of piperazine rings is 1. The lowest BCUT2D eigenvalue weighted by atomic mass is 10.0. The number of carbonyl (C=O) groups is 3. The summed E-state index contributed by atoms with van der Waals surface area (Å²) in [5, 5.41) is 6.13. The number of benzene rings is 1. The molecule has 2 atom stereocenters. The number of unbranched alkanes of at least 4 members (excludes halogenated alkanes) is 1. The number of hydrogen-bond acceptors (Lipinski definition) is 5. The van der Waals surface area contributed by atoms with Gasteiger partial charge in [-0.05, 0) is 30.4 Å². The summed E-state index contributed by atoms with van der Waals surface area (Å²) in [6.45, 7) is 3.42. The highest BCUT2D eigenvalue weighted by Crippen LogP contribution is 2.28. The number of hydrazine groups is 1. The molecule has 0 aliphatic carbocycles. The smallest absolute Gasteiger partial charge is 0.334 e. The van der Waals surface area contributed by atoms with Crippen molar-refractivity contribution in [1.82, 2.24) is 25.1 Å². The van der Waals surface area contributed by atoms with Gasteiger partial charge in [-0.2, -0.15) is 16.8 Å². The molecule has 0 saturated carbocycles. The van der Waals surface area contributed by atoms with Crippen LogP contribution in [0.2, 0.25) is 0 Å². The maximum atomic E-state index is 13.4. The highest BCUT2D eigenvalue weighted by molar-refractivity contribution is 7.98. The minimum atomic E-state index is -0.586. The molecule has 0 spiro atoms. The van der Waals surface area contributed by atoms with E-state index >= 15 is 0 Å². The van der Waals surface area contributed by atoms with Crippen molar-refractivity contribution in [2.45, 2.75) is 44.9 Å². The first-order chi connectivity index (χ1) is 16.0. The molecule has 4 amide bonds. The number of fused-ring (bicyclic) bond motifs is 1. The van der Waals surface area contributed by atoms with Gasteiger partial charge in [0.15, 0.2) is 0 Å². The van der Waals surface area contributed by atoms with Crippen LogP contribution in [0.15, 0.2) is 30.3 Å². The van der Waals surface area contributed by atoms with Crippen LogP contribution in [-0.2, 0) is 16.1 Å². The van der Waals surface area contributed by atoms with Crippen LogP contribution in [0.4, 0.5) is 4.79 Å². The Morgan fingerprint density at radius 1 is 1.27 bits per heavy atom.